The minimum absolute atomic E-state index is 0.869. The molecular weight excluding hydrogens is 114 g/mol. The first kappa shape index (κ1) is 6.46. The molecule has 0 spiro atoms. The van der Waals surface area contributed by atoms with Gasteiger partial charge in [0.05, 0.1) is 6.61 Å². The molecule has 1 rings (SSSR count). The van der Waals surface area contributed by atoms with Crippen molar-refractivity contribution in [2.24, 2.45) is 0 Å². The monoisotopic (exact) mass is 127 g/mol. The van der Waals surface area contributed by atoms with Crippen molar-refractivity contribution in [2.45, 2.75) is 20.3 Å². The predicted molar refractivity (Wildman–Crippen MR) is 36.9 cm³/mol. The predicted octanol–water partition coefficient (Wildman–Crippen LogP) is 1.25. The Bertz CT molecular complexity index is 117. The molecule has 0 aliphatic carbocycles. The van der Waals surface area contributed by atoms with Gasteiger partial charge in [-0.15, -0.1) is 0 Å². The van der Waals surface area contributed by atoms with Crippen molar-refractivity contribution in [3.05, 3.63) is 11.5 Å². The minimum Gasteiger partial charge on any atom is -0.479 e. The first-order chi connectivity index (χ1) is 4.30. The fourth-order valence-corrected chi connectivity index (χ4v) is 0.820. The number of ether oxygens (including phenoxy) is 1. The van der Waals surface area contributed by atoms with Crippen LogP contribution in [0, 0.1) is 0 Å². The van der Waals surface area contributed by atoms with Crippen molar-refractivity contribution in [3.8, 4) is 0 Å². The van der Waals surface area contributed by atoms with E-state index < -0.39 is 0 Å². The van der Waals surface area contributed by atoms with E-state index in [2.05, 4.69) is 5.32 Å². The second-order valence-electron chi connectivity index (χ2n) is 2.46. The normalized spacial score (nSPS) is 18.2. The molecule has 0 atom stereocenters. The van der Waals surface area contributed by atoms with Gasteiger partial charge in [-0.2, -0.15) is 0 Å². The molecule has 9 heavy (non-hydrogen) atoms. The highest BCUT2D eigenvalue weighted by molar-refractivity contribution is 5.01. The molecule has 0 aromatic rings. The van der Waals surface area contributed by atoms with E-state index in [0.717, 1.165) is 25.5 Å². The maximum Gasteiger partial charge on any atom is 0.185 e. The summed E-state index contributed by atoms with van der Waals surface area (Å²) in [5.74, 6) is 0.973. The van der Waals surface area contributed by atoms with E-state index >= 15 is 0 Å². The molecule has 1 saturated heterocycles. The van der Waals surface area contributed by atoms with Crippen molar-refractivity contribution >= 4 is 0 Å². The topological polar surface area (TPSA) is 21.3 Å². The van der Waals surface area contributed by atoms with Crippen molar-refractivity contribution in [3.63, 3.8) is 0 Å². The molecule has 1 fully saturated rings. The van der Waals surface area contributed by atoms with Crippen molar-refractivity contribution in [1.29, 1.82) is 0 Å². The van der Waals surface area contributed by atoms with Gasteiger partial charge in [-0.1, -0.05) is 0 Å². The Morgan fingerprint density at radius 1 is 1.56 bits per heavy atom. The Labute approximate surface area is 55.9 Å². The average Bonchev–Trinajstić information content (AvgIpc) is 1.90. The molecule has 0 bridgehead atoms. The zero-order valence-electron chi connectivity index (χ0n) is 6.03. The lowest BCUT2D eigenvalue weighted by Crippen LogP contribution is -2.25. The van der Waals surface area contributed by atoms with Crippen LogP contribution in [0.25, 0.3) is 0 Å². The standard InChI is InChI=1S/C7H13NO/c1-6(2)7-8-4-3-5-9-7/h8H,3-5H2,1-2H3. The van der Waals surface area contributed by atoms with Crippen molar-refractivity contribution < 1.29 is 4.74 Å². The minimum atomic E-state index is 0.869. The van der Waals surface area contributed by atoms with Gasteiger partial charge in [0.25, 0.3) is 0 Å². The van der Waals surface area contributed by atoms with Crippen LogP contribution in [0.4, 0.5) is 0 Å². The van der Waals surface area contributed by atoms with Gasteiger partial charge in [-0.05, 0) is 25.8 Å². The van der Waals surface area contributed by atoms with Gasteiger partial charge < -0.3 is 10.1 Å². The summed E-state index contributed by atoms with van der Waals surface area (Å²) in [5.41, 5.74) is 1.23. The molecule has 1 aliphatic rings. The Morgan fingerprint density at radius 3 is 2.67 bits per heavy atom. The number of allylic oxidation sites excluding steroid dienone is 1. The quantitative estimate of drug-likeness (QED) is 0.528. The van der Waals surface area contributed by atoms with Crippen LogP contribution in [0.2, 0.25) is 0 Å². The Morgan fingerprint density at radius 2 is 2.33 bits per heavy atom. The molecule has 0 aromatic carbocycles. The van der Waals surface area contributed by atoms with E-state index in [-0.39, 0.29) is 0 Å². The van der Waals surface area contributed by atoms with E-state index in [9.17, 15) is 0 Å². The van der Waals surface area contributed by atoms with Crippen LogP contribution >= 0.6 is 0 Å². The van der Waals surface area contributed by atoms with Crippen molar-refractivity contribution in [2.75, 3.05) is 13.2 Å². The second kappa shape index (κ2) is 2.76. The van der Waals surface area contributed by atoms with E-state index in [1.807, 2.05) is 13.8 Å². The molecule has 0 saturated carbocycles. The van der Waals surface area contributed by atoms with Crippen LogP contribution in [-0.2, 0) is 4.74 Å². The lowest BCUT2D eigenvalue weighted by Gasteiger charge is -2.19. The number of nitrogens with one attached hydrogen (secondary N) is 1. The third kappa shape index (κ3) is 1.63. The summed E-state index contributed by atoms with van der Waals surface area (Å²) < 4.78 is 5.31. The highest BCUT2D eigenvalue weighted by Gasteiger charge is 2.04. The molecule has 1 heterocycles. The molecule has 2 nitrogen and oxygen atoms in total. The highest BCUT2D eigenvalue weighted by Crippen LogP contribution is 2.05. The van der Waals surface area contributed by atoms with Crippen LogP contribution in [0.5, 0.6) is 0 Å². The van der Waals surface area contributed by atoms with Gasteiger partial charge in [0.1, 0.15) is 0 Å². The summed E-state index contributed by atoms with van der Waals surface area (Å²) >= 11 is 0. The van der Waals surface area contributed by atoms with Gasteiger partial charge in [-0.3, -0.25) is 0 Å². The maximum absolute atomic E-state index is 5.31. The Kier molecular flexibility index (Phi) is 1.98. The van der Waals surface area contributed by atoms with Gasteiger partial charge >= 0.3 is 0 Å². The lowest BCUT2D eigenvalue weighted by molar-refractivity contribution is 0.154. The molecule has 1 N–H and O–H groups in total. The molecule has 0 radical (unpaired) electrons. The van der Waals surface area contributed by atoms with Gasteiger partial charge in [0.2, 0.25) is 0 Å². The number of rotatable bonds is 0. The van der Waals surface area contributed by atoms with E-state index in [1.165, 1.54) is 5.57 Å². The summed E-state index contributed by atoms with van der Waals surface area (Å²) in [5, 5.41) is 3.18. The summed E-state index contributed by atoms with van der Waals surface area (Å²) in [7, 11) is 0. The fourth-order valence-electron chi connectivity index (χ4n) is 0.820. The van der Waals surface area contributed by atoms with Crippen LogP contribution in [0.1, 0.15) is 20.3 Å². The molecule has 0 unspecified atom stereocenters. The van der Waals surface area contributed by atoms with Crippen LogP contribution in [0.3, 0.4) is 0 Å². The molecular formula is C7H13NO. The fraction of sp³-hybridized carbons (Fsp3) is 0.714. The zero-order valence-corrected chi connectivity index (χ0v) is 6.03. The first-order valence-electron chi connectivity index (χ1n) is 3.35. The molecule has 52 valence electrons. The smallest absolute Gasteiger partial charge is 0.185 e. The highest BCUT2D eigenvalue weighted by atomic mass is 16.5. The van der Waals surface area contributed by atoms with Gasteiger partial charge in [0, 0.05) is 6.54 Å². The van der Waals surface area contributed by atoms with Crippen LogP contribution in [-0.4, -0.2) is 13.2 Å². The van der Waals surface area contributed by atoms with Gasteiger partial charge in [0.15, 0.2) is 5.88 Å². The zero-order chi connectivity index (χ0) is 6.69. The maximum atomic E-state index is 5.31. The third-order valence-corrected chi connectivity index (χ3v) is 1.31. The van der Waals surface area contributed by atoms with Gasteiger partial charge in [-0.25, -0.2) is 0 Å². The Hall–Kier alpha value is -0.660. The summed E-state index contributed by atoms with van der Waals surface area (Å²) in [6.07, 6.45) is 1.12. The molecule has 0 aromatic heterocycles. The summed E-state index contributed by atoms with van der Waals surface area (Å²) in [4.78, 5) is 0. The second-order valence-corrected chi connectivity index (χ2v) is 2.46. The Balaban J connectivity index is 2.49. The largest absolute Gasteiger partial charge is 0.479 e. The average molecular weight is 127 g/mol. The van der Waals surface area contributed by atoms with Crippen LogP contribution < -0.4 is 5.32 Å². The first-order valence-corrected chi connectivity index (χ1v) is 3.35. The van der Waals surface area contributed by atoms with Crippen LogP contribution in [0.15, 0.2) is 11.5 Å². The lowest BCUT2D eigenvalue weighted by atomic mass is 10.3. The molecule has 0 amide bonds. The SMILES string of the molecule is CC(C)=C1NCCCO1. The van der Waals surface area contributed by atoms with E-state index in [1.54, 1.807) is 0 Å². The number of hydrogen-bond acceptors (Lipinski definition) is 2. The molecule has 2 heteroatoms. The number of hydrogen-bond donors (Lipinski definition) is 1. The molecule has 1 aliphatic heterocycles. The van der Waals surface area contributed by atoms with E-state index in [4.69, 9.17) is 4.74 Å². The third-order valence-electron chi connectivity index (χ3n) is 1.31. The summed E-state index contributed by atoms with van der Waals surface area (Å²) in [6, 6.07) is 0. The summed E-state index contributed by atoms with van der Waals surface area (Å²) in [6.45, 7) is 6.02. The van der Waals surface area contributed by atoms with Crippen molar-refractivity contribution in [1.82, 2.24) is 5.32 Å². The van der Waals surface area contributed by atoms with E-state index in [0.29, 0.717) is 0 Å².